The monoisotopic (exact) mass is 358 g/mol. The number of hydrogen-bond donors (Lipinski definition) is 1. The summed E-state index contributed by atoms with van der Waals surface area (Å²) in [7, 11) is -3.18. The fourth-order valence-electron chi connectivity index (χ4n) is 2.83. The first kappa shape index (κ1) is 18.2. The van der Waals surface area contributed by atoms with Gasteiger partial charge in [-0.25, -0.2) is 13.1 Å². The van der Waals surface area contributed by atoms with Gasteiger partial charge in [-0.05, 0) is 36.8 Å². The number of halogens is 1. The molecular weight excluding hydrogens is 336 g/mol. The number of nitrogens with zero attached hydrogens (tertiary/aromatic N) is 1. The Morgan fingerprint density at radius 3 is 2.83 bits per heavy atom. The van der Waals surface area contributed by atoms with Gasteiger partial charge in [0, 0.05) is 31.1 Å². The summed E-state index contributed by atoms with van der Waals surface area (Å²) in [6, 6.07) is 7.55. The molecule has 1 aliphatic rings. The van der Waals surface area contributed by atoms with E-state index in [1.165, 1.54) is 0 Å². The van der Waals surface area contributed by atoms with Crippen molar-refractivity contribution in [1.82, 2.24) is 9.62 Å². The minimum Gasteiger partial charge on any atom is -0.342 e. The van der Waals surface area contributed by atoms with Gasteiger partial charge in [0.25, 0.3) is 0 Å². The van der Waals surface area contributed by atoms with Gasteiger partial charge in [0.05, 0.1) is 6.26 Å². The SMILES string of the molecule is CS(=O)(=O)NCC1CCCN(C(=O)CCc2ccccc2Cl)C1. The first-order valence-corrected chi connectivity index (χ1v) is 10.1. The minimum atomic E-state index is -3.18. The summed E-state index contributed by atoms with van der Waals surface area (Å²) in [5.41, 5.74) is 0.981. The summed E-state index contributed by atoms with van der Waals surface area (Å²) >= 11 is 6.11. The molecule has 1 fully saturated rings. The lowest BCUT2D eigenvalue weighted by Gasteiger charge is -2.33. The predicted molar refractivity (Wildman–Crippen MR) is 91.9 cm³/mol. The van der Waals surface area contributed by atoms with Crippen LogP contribution in [0.15, 0.2) is 24.3 Å². The van der Waals surface area contributed by atoms with E-state index in [1.54, 1.807) is 0 Å². The van der Waals surface area contributed by atoms with Gasteiger partial charge in [0.1, 0.15) is 0 Å². The second kappa shape index (κ2) is 8.13. The Morgan fingerprint density at radius 2 is 2.13 bits per heavy atom. The van der Waals surface area contributed by atoms with Gasteiger partial charge >= 0.3 is 0 Å². The maximum atomic E-state index is 12.4. The number of benzene rings is 1. The molecule has 0 bridgehead atoms. The highest BCUT2D eigenvalue weighted by Gasteiger charge is 2.24. The Balaban J connectivity index is 1.83. The van der Waals surface area contributed by atoms with E-state index in [4.69, 9.17) is 11.6 Å². The van der Waals surface area contributed by atoms with Crippen molar-refractivity contribution in [1.29, 1.82) is 0 Å². The van der Waals surface area contributed by atoms with Crippen LogP contribution >= 0.6 is 11.6 Å². The van der Waals surface area contributed by atoms with Crippen molar-refractivity contribution in [3.05, 3.63) is 34.9 Å². The molecule has 1 aliphatic heterocycles. The molecule has 0 spiro atoms. The molecule has 2 rings (SSSR count). The summed E-state index contributed by atoms with van der Waals surface area (Å²) in [6.45, 7) is 1.76. The van der Waals surface area contributed by atoms with Crippen LogP contribution in [0.2, 0.25) is 5.02 Å². The zero-order chi connectivity index (χ0) is 16.9. The van der Waals surface area contributed by atoms with Crippen LogP contribution in [0.5, 0.6) is 0 Å². The number of carbonyl (C=O) groups excluding carboxylic acids is 1. The van der Waals surface area contributed by atoms with Gasteiger partial charge in [-0.2, -0.15) is 0 Å². The maximum Gasteiger partial charge on any atom is 0.222 e. The molecule has 0 radical (unpaired) electrons. The summed E-state index contributed by atoms with van der Waals surface area (Å²) in [4.78, 5) is 14.2. The van der Waals surface area contributed by atoms with E-state index >= 15 is 0 Å². The molecule has 1 amide bonds. The molecule has 1 saturated heterocycles. The second-order valence-corrected chi connectivity index (χ2v) is 8.30. The van der Waals surface area contributed by atoms with Crippen molar-refractivity contribution < 1.29 is 13.2 Å². The van der Waals surface area contributed by atoms with Crippen molar-refractivity contribution in [3.63, 3.8) is 0 Å². The van der Waals surface area contributed by atoms with Crippen LogP contribution in [0, 0.1) is 5.92 Å². The van der Waals surface area contributed by atoms with Gasteiger partial charge in [-0.1, -0.05) is 29.8 Å². The van der Waals surface area contributed by atoms with E-state index < -0.39 is 10.0 Å². The number of carbonyl (C=O) groups is 1. The molecule has 7 heteroatoms. The fourth-order valence-corrected chi connectivity index (χ4v) is 3.60. The second-order valence-electron chi connectivity index (χ2n) is 6.06. The van der Waals surface area contributed by atoms with Crippen LogP contribution < -0.4 is 4.72 Å². The summed E-state index contributed by atoms with van der Waals surface area (Å²) in [6.07, 6.45) is 4.06. The van der Waals surface area contributed by atoms with Gasteiger partial charge in [0.2, 0.25) is 15.9 Å². The molecule has 1 unspecified atom stereocenters. The number of likely N-dealkylation sites (tertiary alicyclic amines) is 1. The Bertz CT molecular complexity index is 648. The lowest BCUT2D eigenvalue weighted by Crippen LogP contribution is -2.43. The van der Waals surface area contributed by atoms with Crippen molar-refractivity contribution in [2.45, 2.75) is 25.7 Å². The number of sulfonamides is 1. The molecule has 1 heterocycles. The Kier molecular flexibility index (Phi) is 6.44. The number of aryl methyl sites for hydroxylation is 1. The van der Waals surface area contributed by atoms with Crippen LogP contribution in [0.25, 0.3) is 0 Å². The third-order valence-corrected chi connectivity index (χ3v) is 5.13. The van der Waals surface area contributed by atoms with E-state index in [9.17, 15) is 13.2 Å². The molecule has 1 atom stereocenters. The predicted octanol–water partition coefficient (Wildman–Crippen LogP) is 2.06. The quantitative estimate of drug-likeness (QED) is 0.846. The zero-order valence-electron chi connectivity index (χ0n) is 13.3. The zero-order valence-corrected chi connectivity index (χ0v) is 14.9. The van der Waals surface area contributed by atoms with E-state index in [-0.39, 0.29) is 11.8 Å². The maximum absolute atomic E-state index is 12.4. The Labute approximate surface area is 143 Å². The number of rotatable bonds is 6. The van der Waals surface area contributed by atoms with E-state index in [2.05, 4.69) is 4.72 Å². The molecular formula is C16H23ClN2O3S. The standard InChI is InChI=1S/C16H23ClN2O3S/c1-23(21,22)18-11-13-5-4-10-19(12-13)16(20)9-8-14-6-2-3-7-15(14)17/h2-3,6-7,13,18H,4-5,8-12H2,1H3. The van der Waals surface area contributed by atoms with Crippen LogP contribution in [0.1, 0.15) is 24.8 Å². The average molecular weight is 359 g/mol. The Morgan fingerprint density at radius 1 is 1.39 bits per heavy atom. The number of piperidine rings is 1. The minimum absolute atomic E-state index is 0.106. The van der Waals surface area contributed by atoms with E-state index in [1.807, 2.05) is 29.2 Å². The third kappa shape index (κ3) is 6.12. The van der Waals surface area contributed by atoms with Crippen LogP contribution in [-0.4, -0.2) is 45.1 Å². The smallest absolute Gasteiger partial charge is 0.222 e. The van der Waals surface area contributed by atoms with Crippen molar-refractivity contribution in [2.75, 3.05) is 25.9 Å². The van der Waals surface area contributed by atoms with Gasteiger partial charge in [-0.15, -0.1) is 0 Å². The number of nitrogens with one attached hydrogen (secondary N) is 1. The Hall–Kier alpha value is -1.11. The van der Waals surface area contributed by atoms with Gasteiger partial charge in [0.15, 0.2) is 0 Å². The van der Waals surface area contributed by atoms with Crippen LogP contribution in [0.4, 0.5) is 0 Å². The van der Waals surface area contributed by atoms with Gasteiger partial charge in [-0.3, -0.25) is 4.79 Å². The molecule has 0 aromatic heterocycles. The molecule has 5 nitrogen and oxygen atoms in total. The van der Waals surface area contributed by atoms with Crippen molar-refractivity contribution >= 4 is 27.5 Å². The molecule has 1 aromatic rings. The van der Waals surface area contributed by atoms with Crippen LogP contribution in [0.3, 0.4) is 0 Å². The molecule has 1 N–H and O–H groups in total. The van der Waals surface area contributed by atoms with Gasteiger partial charge < -0.3 is 4.90 Å². The summed E-state index contributed by atoms with van der Waals surface area (Å²) in [5.74, 6) is 0.289. The third-order valence-electron chi connectivity index (χ3n) is 4.07. The molecule has 23 heavy (non-hydrogen) atoms. The summed E-state index contributed by atoms with van der Waals surface area (Å²) in [5, 5.41) is 0.689. The molecule has 0 saturated carbocycles. The molecule has 1 aromatic carbocycles. The highest BCUT2D eigenvalue weighted by atomic mass is 35.5. The molecule has 128 valence electrons. The number of amides is 1. The topological polar surface area (TPSA) is 66.5 Å². The van der Waals surface area contributed by atoms with Crippen LogP contribution in [-0.2, 0) is 21.2 Å². The van der Waals surface area contributed by atoms with E-state index in [0.29, 0.717) is 31.0 Å². The van der Waals surface area contributed by atoms with E-state index in [0.717, 1.165) is 31.2 Å². The lowest BCUT2D eigenvalue weighted by atomic mass is 9.97. The first-order valence-electron chi connectivity index (χ1n) is 7.81. The molecule has 0 aliphatic carbocycles. The highest BCUT2D eigenvalue weighted by Crippen LogP contribution is 2.20. The normalized spacial score (nSPS) is 18.9. The first-order chi connectivity index (χ1) is 10.8. The fraction of sp³-hybridized carbons (Fsp3) is 0.562. The average Bonchev–Trinajstić information content (AvgIpc) is 2.51. The van der Waals surface area contributed by atoms with Crippen molar-refractivity contribution in [2.24, 2.45) is 5.92 Å². The largest absolute Gasteiger partial charge is 0.342 e. The number of hydrogen-bond acceptors (Lipinski definition) is 3. The highest BCUT2D eigenvalue weighted by molar-refractivity contribution is 7.88. The summed E-state index contributed by atoms with van der Waals surface area (Å²) < 4.78 is 24.9. The lowest BCUT2D eigenvalue weighted by molar-refractivity contribution is -0.132. The van der Waals surface area contributed by atoms with Crippen molar-refractivity contribution in [3.8, 4) is 0 Å².